The van der Waals surface area contributed by atoms with Crippen molar-refractivity contribution < 1.29 is 43.8 Å². The summed E-state index contributed by atoms with van der Waals surface area (Å²) in [5, 5.41) is 30.0. The molecule has 3 N–H and O–H groups in total. The molecule has 0 saturated carbocycles. The van der Waals surface area contributed by atoms with Crippen molar-refractivity contribution in [2.24, 2.45) is 0 Å². The van der Waals surface area contributed by atoms with Gasteiger partial charge in [-0.05, 0) is 41.5 Å². The lowest BCUT2D eigenvalue weighted by Gasteiger charge is -2.34. The van der Waals surface area contributed by atoms with Crippen molar-refractivity contribution in [2.45, 2.75) is 31.8 Å². The molecule has 1 unspecified atom stereocenters. The molecule has 4 rings (SSSR count). The first-order chi connectivity index (χ1) is 17.9. The van der Waals surface area contributed by atoms with Crippen LogP contribution in [-0.2, 0) is 24.6 Å². The van der Waals surface area contributed by atoms with E-state index in [0.29, 0.717) is 62.1 Å². The molecule has 0 aliphatic carbocycles. The number of ketones is 1. The van der Waals surface area contributed by atoms with Crippen molar-refractivity contribution in [3.8, 4) is 28.7 Å². The van der Waals surface area contributed by atoms with Crippen molar-refractivity contribution >= 4 is 5.78 Å². The van der Waals surface area contributed by atoms with E-state index in [0.717, 1.165) is 0 Å². The summed E-state index contributed by atoms with van der Waals surface area (Å²) in [6.07, 6.45) is -1.06. The van der Waals surface area contributed by atoms with Gasteiger partial charge in [0.2, 0.25) is 0 Å². The van der Waals surface area contributed by atoms with Gasteiger partial charge in [-0.3, -0.25) is 4.79 Å². The van der Waals surface area contributed by atoms with Gasteiger partial charge in [0.25, 0.3) is 0 Å². The predicted octanol–water partition coefficient (Wildman–Crippen LogP) is 3.03. The van der Waals surface area contributed by atoms with Crippen LogP contribution >= 0.6 is 0 Å². The number of methoxy groups -OCH3 is 4. The second-order valence-electron chi connectivity index (χ2n) is 8.49. The third-order valence-electron chi connectivity index (χ3n) is 6.54. The van der Waals surface area contributed by atoms with Crippen LogP contribution in [0.15, 0.2) is 42.5 Å². The highest BCUT2D eigenvalue weighted by atomic mass is 16.5. The fourth-order valence-corrected chi connectivity index (χ4v) is 4.78. The molecule has 3 aromatic rings. The van der Waals surface area contributed by atoms with Gasteiger partial charge in [-0.2, -0.15) is 0 Å². The predicted molar refractivity (Wildman–Crippen MR) is 134 cm³/mol. The SMILES string of the molecule is COc1cc(CO)c(C2C(=O)[C@@H](c3ccc(OC)c(CO)c3)Oc3cc(CO)cc(OC)c32)c(OC)c1. The van der Waals surface area contributed by atoms with E-state index in [1.54, 1.807) is 42.5 Å². The Balaban J connectivity index is 2.00. The second-order valence-corrected chi connectivity index (χ2v) is 8.49. The van der Waals surface area contributed by atoms with Gasteiger partial charge in [-0.25, -0.2) is 0 Å². The molecule has 9 nitrogen and oxygen atoms in total. The average molecular weight is 511 g/mol. The minimum atomic E-state index is -1.06. The molecule has 0 bridgehead atoms. The molecule has 1 aliphatic heterocycles. The average Bonchev–Trinajstić information content (AvgIpc) is 2.95. The quantitative estimate of drug-likeness (QED) is 0.398. The molecule has 9 heteroatoms. The molecule has 1 heterocycles. The molecule has 2 atom stereocenters. The van der Waals surface area contributed by atoms with Gasteiger partial charge >= 0.3 is 0 Å². The number of carbonyl (C=O) groups is 1. The second kappa shape index (κ2) is 11.1. The monoisotopic (exact) mass is 510 g/mol. The summed E-state index contributed by atoms with van der Waals surface area (Å²) in [4.78, 5) is 14.3. The first-order valence-electron chi connectivity index (χ1n) is 11.6. The molecule has 0 saturated heterocycles. The number of carbonyl (C=O) groups excluding carboxylic acids is 1. The zero-order valence-corrected chi connectivity index (χ0v) is 21.1. The van der Waals surface area contributed by atoms with Gasteiger partial charge in [0.05, 0.1) is 59.7 Å². The van der Waals surface area contributed by atoms with Crippen LogP contribution in [0.2, 0.25) is 0 Å². The zero-order valence-electron chi connectivity index (χ0n) is 21.1. The smallest absolute Gasteiger partial charge is 0.190 e. The minimum Gasteiger partial charge on any atom is -0.497 e. The summed E-state index contributed by atoms with van der Waals surface area (Å²) in [6, 6.07) is 11.6. The standard InChI is InChI=1S/C28H30O9/c1-33-19-10-18(14-31)24(22(11-19)36-4)26-25-21(35-3)7-15(12-29)8-23(25)37-28(27(26)32)16-5-6-20(34-2)17(9-16)13-30/h5-11,26,28-31H,12-14H2,1-4H3/t26?,28-/m1/s1. The van der Waals surface area contributed by atoms with Crippen LogP contribution in [-0.4, -0.2) is 49.5 Å². The van der Waals surface area contributed by atoms with Crippen molar-refractivity contribution in [2.75, 3.05) is 28.4 Å². The molecule has 0 amide bonds. The first-order valence-corrected chi connectivity index (χ1v) is 11.6. The van der Waals surface area contributed by atoms with E-state index in [1.165, 1.54) is 28.4 Å². The van der Waals surface area contributed by atoms with E-state index in [1.807, 2.05) is 0 Å². The Morgan fingerprint density at radius 3 is 2.00 bits per heavy atom. The summed E-state index contributed by atoms with van der Waals surface area (Å²) in [6.45, 7) is -0.926. The maximum absolute atomic E-state index is 14.3. The van der Waals surface area contributed by atoms with Gasteiger partial charge < -0.3 is 39.0 Å². The highest BCUT2D eigenvalue weighted by Crippen LogP contribution is 2.51. The van der Waals surface area contributed by atoms with Gasteiger partial charge in [0.15, 0.2) is 11.9 Å². The van der Waals surface area contributed by atoms with E-state index in [2.05, 4.69) is 0 Å². The Morgan fingerprint density at radius 1 is 0.730 bits per heavy atom. The van der Waals surface area contributed by atoms with E-state index in [9.17, 15) is 20.1 Å². The lowest BCUT2D eigenvalue weighted by Crippen LogP contribution is -2.32. The van der Waals surface area contributed by atoms with Crippen molar-refractivity contribution in [1.82, 2.24) is 0 Å². The number of Topliss-reactive ketones (excluding diaryl/α,β-unsaturated/α-hetero) is 1. The maximum Gasteiger partial charge on any atom is 0.190 e. The van der Waals surface area contributed by atoms with Gasteiger partial charge in [-0.1, -0.05) is 6.07 Å². The molecule has 1 aliphatic rings. The van der Waals surface area contributed by atoms with E-state index < -0.39 is 12.0 Å². The zero-order chi connectivity index (χ0) is 26.7. The summed E-state index contributed by atoms with van der Waals surface area (Å²) >= 11 is 0. The fraction of sp³-hybridized carbons (Fsp3) is 0.321. The van der Waals surface area contributed by atoms with Crippen LogP contribution in [0, 0.1) is 0 Å². The summed E-state index contributed by atoms with van der Waals surface area (Å²) in [5.74, 6) is 0.731. The topological polar surface area (TPSA) is 124 Å². The maximum atomic E-state index is 14.3. The van der Waals surface area contributed by atoms with E-state index in [-0.39, 0.29) is 25.6 Å². The van der Waals surface area contributed by atoms with E-state index >= 15 is 0 Å². The molecular formula is C28H30O9. The van der Waals surface area contributed by atoms with Crippen LogP contribution in [0.1, 0.15) is 45.4 Å². The molecule has 196 valence electrons. The van der Waals surface area contributed by atoms with Crippen LogP contribution in [0.4, 0.5) is 0 Å². The normalized spacial score (nSPS) is 16.6. The summed E-state index contributed by atoms with van der Waals surface area (Å²) in [7, 11) is 5.95. The molecule has 3 aromatic carbocycles. The Labute approximate surface area is 214 Å². The number of benzene rings is 3. The third kappa shape index (κ3) is 4.69. The molecule has 0 radical (unpaired) electrons. The Bertz CT molecular complexity index is 1280. The third-order valence-corrected chi connectivity index (χ3v) is 6.54. The van der Waals surface area contributed by atoms with Crippen molar-refractivity contribution in [3.63, 3.8) is 0 Å². The Kier molecular flexibility index (Phi) is 7.87. The van der Waals surface area contributed by atoms with Crippen LogP contribution in [0.5, 0.6) is 28.7 Å². The number of fused-ring (bicyclic) bond motifs is 1. The number of aliphatic hydroxyl groups is 3. The largest absolute Gasteiger partial charge is 0.497 e. The van der Waals surface area contributed by atoms with Crippen molar-refractivity contribution in [3.05, 3.63) is 75.8 Å². The lowest BCUT2D eigenvalue weighted by atomic mass is 9.78. The highest BCUT2D eigenvalue weighted by Gasteiger charge is 2.43. The summed E-state index contributed by atoms with van der Waals surface area (Å²) in [5.41, 5.74) is 2.90. The highest BCUT2D eigenvalue weighted by molar-refractivity contribution is 5.97. The van der Waals surface area contributed by atoms with Crippen molar-refractivity contribution in [1.29, 1.82) is 0 Å². The molecule has 0 fully saturated rings. The van der Waals surface area contributed by atoms with Gasteiger partial charge in [0, 0.05) is 22.8 Å². The first kappa shape index (κ1) is 26.3. The molecule has 0 spiro atoms. The number of ether oxygens (including phenoxy) is 5. The lowest BCUT2D eigenvalue weighted by molar-refractivity contribution is -0.128. The number of hydrogen-bond donors (Lipinski definition) is 3. The van der Waals surface area contributed by atoms with Crippen LogP contribution < -0.4 is 23.7 Å². The molecular weight excluding hydrogens is 480 g/mol. The Hall–Kier alpha value is -3.79. The molecule has 37 heavy (non-hydrogen) atoms. The number of rotatable bonds is 9. The summed E-state index contributed by atoms with van der Waals surface area (Å²) < 4.78 is 28.2. The fourth-order valence-electron chi connectivity index (χ4n) is 4.78. The van der Waals surface area contributed by atoms with E-state index in [4.69, 9.17) is 23.7 Å². The Morgan fingerprint density at radius 2 is 1.41 bits per heavy atom. The minimum absolute atomic E-state index is 0.263. The van der Waals surface area contributed by atoms with Gasteiger partial charge in [0.1, 0.15) is 28.7 Å². The molecule has 0 aromatic heterocycles. The number of hydrogen-bond acceptors (Lipinski definition) is 9. The number of aliphatic hydroxyl groups excluding tert-OH is 3. The van der Waals surface area contributed by atoms with Gasteiger partial charge in [-0.15, -0.1) is 0 Å². The van der Waals surface area contributed by atoms with Crippen LogP contribution in [0.3, 0.4) is 0 Å². The van der Waals surface area contributed by atoms with Crippen LogP contribution in [0.25, 0.3) is 0 Å².